The van der Waals surface area contributed by atoms with Crippen LogP contribution in [0.5, 0.6) is 11.5 Å². The van der Waals surface area contributed by atoms with E-state index in [-0.39, 0.29) is 24.3 Å². The van der Waals surface area contributed by atoms with Gasteiger partial charge in [0.1, 0.15) is 17.8 Å². The monoisotopic (exact) mass is 584 g/mol. The van der Waals surface area contributed by atoms with E-state index in [4.69, 9.17) is 14.6 Å². The minimum atomic E-state index is -3.44. The van der Waals surface area contributed by atoms with Gasteiger partial charge in [-0.1, -0.05) is 25.0 Å². The Bertz CT molecular complexity index is 1410. The Kier molecular flexibility index (Phi) is 12.1. The third-order valence-electron chi connectivity index (χ3n) is 6.41. The zero-order valence-electron chi connectivity index (χ0n) is 23.1. The Morgan fingerprint density at radius 3 is 2.32 bits per heavy atom. The molecule has 11 heteroatoms. The second-order valence-electron chi connectivity index (χ2n) is 9.71. The van der Waals surface area contributed by atoms with Crippen LogP contribution < -0.4 is 9.47 Å². The molecule has 220 valence electrons. The summed E-state index contributed by atoms with van der Waals surface area (Å²) < 4.78 is 36.1. The van der Waals surface area contributed by atoms with E-state index in [9.17, 15) is 23.1 Å². The number of carboxylic acids is 2. The quantitative estimate of drug-likeness (QED) is 0.196. The summed E-state index contributed by atoms with van der Waals surface area (Å²) in [5, 5.41) is 18.0. The number of unbranched alkanes of at least 4 members (excludes halogenated alkanes) is 3. The molecule has 0 radical (unpaired) electrons. The van der Waals surface area contributed by atoms with Gasteiger partial charge in [-0.05, 0) is 73.6 Å². The van der Waals surface area contributed by atoms with E-state index in [0.717, 1.165) is 49.5 Å². The molecule has 0 spiro atoms. The number of aromatic nitrogens is 2. The van der Waals surface area contributed by atoms with Crippen LogP contribution in [-0.2, 0) is 32.3 Å². The van der Waals surface area contributed by atoms with Crippen molar-refractivity contribution in [1.82, 2.24) is 9.97 Å². The topological polar surface area (TPSA) is 153 Å². The van der Waals surface area contributed by atoms with Gasteiger partial charge in [-0.15, -0.1) is 0 Å². The van der Waals surface area contributed by atoms with Crippen LogP contribution in [0.4, 0.5) is 0 Å². The maximum absolute atomic E-state index is 12.2. The lowest BCUT2D eigenvalue weighted by molar-refractivity contribution is -0.138. The molecule has 0 aliphatic rings. The van der Waals surface area contributed by atoms with E-state index in [1.54, 1.807) is 30.5 Å². The van der Waals surface area contributed by atoms with Crippen LogP contribution in [0.25, 0.3) is 11.3 Å². The van der Waals surface area contributed by atoms with Crippen molar-refractivity contribution in [2.45, 2.75) is 62.7 Å². The molecule has 10 nitrogen and oxygen atoms in total. The highest BCUT2D eigenvalue weighted by Crippen LogP contribution is 2.28. The summed E-state index contributed by atoms with van der Waals surface area (Å²) in [5.41, 5.74) is 3.14. The van der Waals surface area contributed by atoms with Crippen molar-refractivity contribution >= 4 is 21.8 Å². The summed E-state index contributed by atoms with van der Waals surface area (Å²) in [6, 6.07) is 12.2. The molecular formula is C30H36N2O8S. The van der Waals surface area contributed by atoms with Gasteiger partial charge in [-0.2, -0.15) is 0 Å². The minimum absolute atomic E-state index is 0.0140. The van der Waals surface area contributed by atoms with Gasteiger partial charge in [0.2, 0.25) is 0 Å². The number of nitrogens with zero attached hydrogens (tertiary/aromatic N) is 2. The van der Waals surface area contributed by atoms with Crippen LogP contribution in [0.3, 0.4) is 0 Å². The SMILES string of the molecule is CS(=O)(=O)c1cc(OCCCCCCc2cccc(OCCCC(=O)O)c2CCC(=O)O)cc(-c2ccncn2)c1. The van der Waals surface area contributed by atoms with Crippen molar-refractivity contribution in [1.29, 1.82) is 0 Å². The van der Waals surface area contributed by atoms with Gasteiger partial charge in [0.25, 0.3) is 0 Å². The molecule has 3 aromatic rings. The number of aliphatic carboxylic acids is 2. The lowest BCUT2D eigenvalue weighted by atomic mass is 9.97. The first-order chi connectivity index (χ1) is 19.6. The average molecular weight is 585 g/mol. The minimum Gasteiger partial charge on any atom is -0.494 e. The summed E-state index contributed by atoms with van der Waals surface area (Å²) in [4.78, 5) is 30.2. The number of hydrogen-bond acceptors (Lipinski definition) is 8. The molecule has 1 heterocycles. The first-order valence-electron chi connectivity index (χ1n) is 13.5. The molecule has 41 heavy (non-hydrogen) atoms. The zero-order chi connectivity index (χ0) is 29.7. The molecule has 0 bridgehead atoms. The standard InChI is InChI=1S/C30H36N2O8S/c1-41(37,38)25-19-23(27-14-15-31-21-32-27)18-24(20-25)39-16-5-3-2-4-8-22-9-6-10-28(26(22)12-13-30(35)36)40-17-7-11-29(33)34/h6,9-10,14-15,18-21H,2-5,7-8,11-13,16-17H2,1H3,(H,33,34)(H,35,36). The highest BCUT2D eigenvalue weighted by atomic mass is 32.2. The molecule has 0 aliphatic carbocycles. The van der Waals surface area contributed by atoms with E-state index >= 15 is 0 Å². The summed E-state index contributed by atoms with van der Waals surface area (Å²) in [6.07, 6.45) is 9.15. The predicted octanol–water partition coefficient (Wildman–Crippen LogP) is 4.99. The number of carbonyl (C=O) groups is 2. The van der Waals surface area contributed by atoms with Crippen molar-refractivity contribution in [3.8, 4) is 22.8 Å². The van der Waals surface area contributed by atoms with Crippen LogP contribution in [0.2, 0.25) is 0 Å². The van der Waals surface area contributed by atoms with Crippen molar-refractivity contribution in [2.75, 3.05) is 19.5 Å². The Morgan fingerprint density at radius 2 is 1.61 bits per heavy atom. The molecule has 1 aromatic heterocycles. The van der Waals surface area contributed by atoms with Crippen molar-refractivity contribution in [2.24, 2.45) is 0 Å². The van der Waals surface area contributed by atoms with E-state index in [2.05, 4.69) is 9.97 Å². The van der Waals surface area contributed by atoms with Gasteiger partial charge in [0, 0.05) is 30.9 Å². The Labute approximate surface area is 240 Å². The lowest BCUT2D eigenvalue weighted by Crippen LogP contribution is -2.07. The van der Waals surface area contributed by atoms with Gasteiger partial charge in [-0.3, -0.25) is 9.59 Å². The fourth-order valence-corrected chi connectivity index (χ4v) is 5.01. The molecule has 0 saturated heterocycles. The third kappa shape index (κ3) is 10.8. The molecule has 2 N–H and O–H groups in total. The Hall–Kier alpha value is -3.99. The molecule has 0 unspecified atom stereocenters. The van der Waals surface area contributed by atoms with Crippen molar-refractivity contribution in [3.63, 3.8) is 0 Å². The molecule has 3 rings (SSSR count). The largest absolute Gasteiger partial charge is 0.494 e. The van der Waals surface area contributed by atoms with E-state index in [1.165, 1.54) is 12.4 Å². The molecule has 0 fully saturated rings. The summed E-state index contributed by atoms with van der Waals surface area (Å²) in [7, 11) is -3.44. The number of sulfone groups is 1. The second kappa shape index (κ2) is 15.7. The van der Waals surface area contributed by atoms with Crippen LogP contribution in [0, 0.1) is 0 Å². The Morgan fingerprint density at radius 1 is 0.854 bits per heavy atom. The van der Waals surface area contributed by atoms with Gasteiger partial charge in [0.05, 0.1) is 23.8 Å². The lowest BCUT2D eigenvalue weighted by Gasteiger charge is -2.15. The van der Waals surface area contributed by atoms with Crippen LogP contribution in [-0.4, -0.2) is 60.0 Å². The molecule has 0 amide bonds. The summed E-state index contributed by atoms with van der Waals surface area (Å²) >= 11 is 0. The maximum Gasteiger partial charge on any atom is 0.303 e. The predicted molar refractivity (Wildman–Crippen MR) is 153 cm³/mol. The number of aryl methyl sites for hydroxylation is 1. The van der Waals surface area contributed by atoms with Gasteiger partial charge in [-0.25, -0.2) is 18.4 Å². The maximum atomic E-state index is 12.2. The molecule has 2 aromatic carbocycles. The third-order valence-corrected chi connectivity index (χ3v) is 7.50. The normalized spacial score (nSPS) is 11.2. The van der Waals surface area contributed by atoms with Gasteiger partial charge >= 0.3 is 11.9 Å². The highest BCUT2D eigenvalue weighted by molar-refractivity contribution is 7.90. The van der Waals surface area contributed by atoms with Crippen LogP contribution >= 0.6 is 0 Å². The van der Waals surface area contributed by atoms with E-state index < -0.39 is 21.8 Å². The van der Waals surface area contributed by atoms with E-state index in [0.29, 0.717) is 42.2 Å². The first kappa shape index (κ1) is 31.5. The van der Waals surface area contributed by atoms with Crippen LogP contribution in [0.1, 0.15) is 56.1 Å². The summed E-state index contributed by atoms with van der Waals surface area (Å²) in [5.74, 6) is -0.693. The zero-order valence-corrected chi connectivity index (χ0v) is 23.9. The first-order valence-corrected chi connectivity index (χ1v) is 15.4. The highest BCUT2D eigenvalue weighted by Gasteiger charge is 2.14. The van der Waals surface area contributed by atoms with Gasteiger partial charge < -0.3 is 19.7 Å². The van der Waals surface area contributed by atoms with Crippen LogP contribution in [0.15, 0.2) is 59.9 Å². The number of carboxylic acid groups (broad SMARTS) is 2. The Balaban J connectivity index is 1.52. The number of rotatable bonds is 18. The fraction of sp³-hybridized carbons (Fsp3) is 0.400. The van der Waals surface area contributed by atoms with Crippen molar-refractivity contribution in [3.05, 3.63) is 66.1 Å². The number of ether oxygens (including phenoxy) is 2. The average Bonchev–Trinajstić information content (AvgIpc) is 2.94. The molecule has 0 saturated carbocycles. The number of benzene rings is 2. The molecular weight excluding hydrogens is 548 g/mol. The smallest absolute Gasteiger partial charge is 0.303 e. The number of hydrogen-bond donors (Lipinski definition) is 2. The summed E-state index contributed by atoms with van der Waals surface area (Å²) in [6.45, 7) is 0.684. The van der Waals surface area contributed by atoms with E-state index in [1.807, 2.05) is 12.1 Å². The molecule has 0 aliphatic heterocycles. The fourth-order valence-electron chi connectivity index (χ4n) is 4.34. The van der Waals surface area contributed by atoms with Gasteiger partial charge in [0.15, 0.2) is 9.84 Å². The van der Waals surface area contributed by atoms with Crippen molar-refractivity contribution < 1.29 is 37.7 Å². The second-order valence-corrected chi connectivity index (χ2v) is 11.7. The molecule has 0 atom stereocenters.